The van der Waals surface area contributed by atoms with Crippen molar-refractivity contribution < 1.29 is 33.1 Å². The topological polar surface area (TPSA) is 135 Å². The van der Waals surface area contributed by atoms with Crippen LogP contribution in [0.1, 0.15) is 70.9 Å². The zero-order valence-electron chi connectivity index (χ0n) is 23.0. The zero-order chi connectivity index (χ0) is 30.7. The van der Waals surface area contributed by atoms with Crippen LogP contribution in [0, 0.1) is 5.82 Å². The summed E-state index contributed by atoms with van der Waals surface area (Å²) in [4.78, 5) is 43.6. The molecule has 1 aliphatic carbocycles. The molecule has 0 radical (unpaired) electrons. The van der Waals surface area contributed by atoms with Gasteiger partial charge in [-0.25, -0.2) is 14.2 Å². The van der Waals surface area contributed by atoms with Crippen LogP contribution in [0.25, 0.3) is 21.5 Å². The fraction of sp³-hybridized carbons (Fsp3) is 0.367. The predicted molar refractivity (Wildman–Crippen MR) is 161 cm³/mol. The Balaban J connectivity index is 1.10. The number of hydrogen-bond donors (Lipinski definition) is 2. The van der Waals surface area contributed by atoms with Gasteiger partial charge in [0.2, 0.25) is 0 Å². The Kier molecular flexibility index (Phi) is 7.46. The number of nitrogens with one attached hydrogen (secondary N) is 1. The number of fused-ring (bicyclic) bond motifs is 3. The molecule has 4 heterocycles. The zero-order valence-corrected chi connectivity index (χ0v) is 25.3. The normalized spacial score (nSPS) is 21.1. The van der Waals surface area contributed by atoms with Crippen molar-refractivity contribution in [3.05, 3.63) is 63.1 Å². The lowest BCUT2D eigenvalue weighted by Gasteiger charge is -2.38. The van der Waals surface area contributed by atoms with Gasteiger partial charge >= 0.3 is 11.9 Å². The van der Waals surface area contributed by atoms with Crippen LogP contribution in [0.4, 0.5) is 9.52 Å². The van der Waals surface area contributed by atoms with Gasteiger partial charge in [-0.3, -0.25) is 9.59 Å². The number of carboxylic acid groups (broad SMARTS) is 1. The molecule has 2 atom stereocenters. The van der Waals surface area contributed by atoms with Gasteiger partial charge in [0.25, 0.3) is 5.91 Å². The first kappa shape index (κ1) is 29.0. The number of piperidine rings is 1. The lowest BCUT2D eigenvalue weighted by atomic mass is 9.99. The van der Waals surface area contributed by atoms with Crippen LogP contribution in [0.15, 0.2) is 34.9 Å². The van der Waals surface area contributed by atoms with E-state index in [9.17, 15) is 18.8 Å². The van der Waals surface area contributed by atoms with Crippen LogP contribution in [0.2, 0.25) is 10.0 Å². The highest BCUT2D eigenvalue weighted by atomic mass is 35.5. The molecule has 0 spiro atoms. The molecule has 4 aromatic rings. The van der Waals surface area contributed by atoms with E-state index in [0.29, 0.717) is 44.0 Å². The average molecular weight is 660 g/mol. The highest BCUT2D eigenvalue weighted by Gasteiger charge is 2.45. The fourth-order valence-electron chi connectivity index (χ4n) is 6.24. The lowest BCUT2D eigenvalue weighted by Crippen LogP contribution is -2.46. The van der Waals surface area contributed by atoms with Gasteiger partial charge in [-0.05, 0) is 49.9 Å². The number of carboxylic acids is 1. The standard InChI is InChI=1S/C30H25Cl2FN4O6S/c31-18-2-1-3-19(32)23(18)26-24(27(43-36-26)13-4-5-13)29(41)42-17-10-15-6-7-16(11-17)37(15)30-35-25-20(33)8-14(9-21(25)44-30)28(40)34-12-22(38)39/h1-3,8-9,13,15-17H,4-7,10-12H2,(H,34,40)(H,38,39). The number of nitrogens with zero attached hydrogens (tertiary/aromatic N) is 3. The first-order valence-corrected chi connectivity index (χ1v) is 15.8. The SMILES string of the molecule is O=C(O)CNC(=O)c1cc(F)c2nc(N3C4CCC3CC(OC(=O)c3c(-c5c(Cl)cccc5Cl)noc3C3CC3)C4)sc2c1. The van der Waals surface area contributed by atoms with Crippen LogP contribution in [-0.2, 0) is 9.53 Å². The summed E-state index contributed by atoms with van der Waals surface area (Å²) in [5.41, 5.74) is 1.15. The van der Waals surface area contributed by atoms with Crippen LogP contribution in [0.3, 0.4) is 0 Å². The molecular weight excluding hydrogens is 634 g/mol. The minimum atomic E-state index is -1.19. The number of esters is 1. The summed E-state index contributed by atoms with van der Waals surface area (Å²) in [6, 6.07) is 7.71. The Morgan fingerprint density at radius 2 is 1.82 bits per heavy atom. The molecule has 2 saturated heterocycles. The number of halogens is 3. The summed E-state index contributed by atoms with van der Waals surface area (Å²) in [6.07, 6.45) is 4.28. The van der Waals surface area contributed by atoms with E-state index in [2.05, 4.69) is 20.4 Å². The number of carbonyl (C=O) groups is 3. The molecule has 14 heteroatoms. The van der Waals surface area contributed by atoms with E-state index in [1.54, 1.807) is 18.2 Å². The maximum atomic E-state index is 15.0. The molecule has 3 fully saturated rings. The van der Waals surface area contributed by atoms with E-state index in [1.807, 2.05) is 0 Å². The maximum absolute atomic E-state index is 15.0. The molecule has 2 aromatic heterocycles. The number of amides is 1. The van der Waals surface area contributed by atoms with Crippen molar-refractivity contribution in [3.8, 4) is 11.3 Å². The summed E-state index contributed by atoms with van der Waals surface area (Å²) in [5.74, 6) is -2.46. The van der Waals surface area contributed by atoms with Gasteiger partial charge in [0, 0.05) is 42.0 Å². The molecule has 2 N–H and O–H groups in total. The van der Waals surface area contributed by atoms with E-state index in [-0.39, 0.29) is 46.4 Å². The second-order valence-corrected chi connectivity index (χ2v) is 13.1. The van der Waals surface area contributed by atoms with Crippen LogP contribution in [0.5, 0.6) is 0 Å². The molecule has 2 bridgehead atoms. The molecule has 228 valence electrons. The number of rotatable bonds is 8. The Morgan fingerprint density at radius 3 is 2.48 bits per heavy atom. The van der Waals surface area contributed by atoms with Crippen LogP contribution < -0.4 is 10.2 Å². The molecular formula is C30H25Cl2FN4O6S. The second-order valence-electron chi connectivity index (χ2n) is 11.3. The maximum Gasteiger partial charge on any atom is 0.344 e. The summed E-state index contributed by atoms with van der Waals surface area (Å²) in [5, 5.41) is 16.6. The highest BCUT2D eigenvalue weighted by Crippen LogP contribution is 2.47. The van der Waals surface area contributed by atoms with Gasteiger partial charge in [-0.1, -0.05) is 45.8 Å². The quantitative estimate of drug-likeness (QED) is 0.205. The molecule has 2 unspecified atom stereocenters. The third-order valence-corrected chi connectivity index (χ3v) is 10.00. The van der Waals surface area contributed by atoms with Crippen molar-refractivity contribution in [2.75, 3.05) is 11.4 Å². The predicted octanol–water partition coefficient (Wildman–Crippen LogP) is 6.45. The number of carbonyl (C=O) groups excluding carboxylic acids is 2. The Hall–Kier alpha value is -3.74. The highest BCUT2D eigenvalue weighted by molar-refractivity contribution is 7.22. The fourth-order valence-corrected chi connectivity index (χ4v) is 7.98. The van der Waals surface area contributed by atoms with Crippen molar-refractivity contribution in [1.29, 1.82) is 0 Å². The van der Waals surface area contributed by atoms with E-state index < -0.39 is 30.2 Å². The monoisotopic (exact) mass is 658 g/mol. The average Bonchev–Trinajstić information content (AvgIpc) is 3.48. The molecule has 2 aromatic carbocycles. The third kappa shape index (κ3) is 5.28. The van der Waals surface area contributed by atoms with E-state index >= 15 is 0 Å². The minimum Gasteiger partial charge on any atom is -0.480 e. The number of thiazole rings is 1. The second kappa shape index (κ2) is 11.3. The molecule has 44 heavy (non-hydrogen) atoms. The first-order chi connectivity index (χ1) is 21.2. The van der Waals surface area contributed by atoms with Crippen LogP contribution >= 0.6 is 34.5 Å². The number of anilines is 1. The number of benzene rings is 2. The van der Waals surface area contributed by atoms with Gasteiger partial charge in [-0.2, -0.15) is 0 Å². The van der Waals surface area contributed by atoms with E-state index in [0.717, 1.165) is 31.7 Å². The van der Waals surface area contributed by atoms with Gasteiger partial charge in [0.1, 0.15) is 29.4 Å². The van der Waals surface area contributed by atoms with Crippen LogP contribution in [-0.4, -0.2) is 57.8 Å². The van der Waals surface area contributed by atoms with E-state index in [1.165, 1.54) is 17.4 Å². The summed E-state index contributed by atoms with van der Waals surface area (Å²) < 4.78 is 27.2. The Labute approximate surface area is 264 Å². The van der Waals surface area contributed by atoms with Crippen molar-refractivity contribution in [1.82, 2.24) is 15.5 Å². The lowest BCUT2D eigenvalue weighted by molar-refractivity contribution is -0.135. The van der Waals surface area contributed by atoms with Crippen molar-refractivity contribution in [2.24, 2.45) is 0 Å². The number of aliphatic carboxylic acids is 1. The summed E-state index contributed by atoms with van der Waals surface area (Å²) >= 11 is 14.2. The number of aromatic nitrogens is 2. The smallest absolute Gasteiger partial charge is 0.344 e. The molecule has 3 aliphatic rings. The van der Waals surface area contributed by atoms with Gasteiger partial charge in [-0.15, -0.1) is 0 Å². The van der Waals surface area contributed by atoms with Gasteiger partial charge < -0.3 is 24.6 Å². The van der Waals surface area contributed by atoms with Gasteiger partial charge in [0.15, 0.2) is 16.7 Å². The summed E-state index contributed by atoms with van der Waals surface area (Å²) in [7, 11) is 0. The molecule has 2 aliphatic heterocycles. The molecule has 1 saturated carbocycles. The Morgan fingerprint density at radius 1 is 1.11 bits per heavy atom. The third-order valence-electron chi connectivity index (χ3n) is 8.35. The summed E-state index contributed by atoms with van der Waals surface area (Å²) in [6.45, 7) is -0.566. The minimum absolute atomic E-state index is 0.0244. The van der Waals surface area contributed by atoms with E-state index in [4.69, 9.17) is 37.6 Å². The van der Waals surface area contributed by atoms with Crippen molar-refractivity contribution in [3.63, 3.8) is 0 Å². The Bertz CT molecular complexity index is 1790. The molecule has 7 rings (SSSR count). The molecule has 10 nitrogen and oxygen atoms in total. The first-order valence-electron chi connectivity index (χ1n) is 14.2. The molecule has 1 amide bonds. The largest absolute Gasteiger partial charge is 0.480 e. The van der Waals surface area contributed by atoms with Crippen molar-refractivity contribution in [2.45, 2.75) is 62.6 Å². The number of hydrogen-bond acceptors (Lipinski definition) is 9. The van der Waals surface area contributed by atoms with Gasteiger partial charge in [0.05, 0.1) is 14.7 Å². The van der Waals surface area contributed by atoms with Crippen molar-refractivity contribution >= 4 is 67.7 Å². The number of ether oxygens (including phenoxy) is 1.